The number of nitrogens with zero attached hydrogens (tertiary/aromatic N) is 1. The Labute approximate surface area is 176 Å². The summed E-state index contributed by atoms with van der Waals surface area (Å²) in [6.45, 7) is 3.51. The number of hydrogen-bond donors (Lipinski definition) is 2. The zero-order chi connectivity index (χ0) is 21.0. The fourth-order valence-electron chi connectivity index (χ4n) is 2.69. The number of thioether (sulfide) groups is 1. The number of hydrogen-bond acceptors (Lipinski definition) is 4. The lowest BCUT2D eigenvalue weighted by Crippen LogP contribution is -2.24. The number of amides is 1. The number of carbonyl (C=O) groups is 1. The van der Waals surface area contributed by atoms with E-state index in [9.17, 15) is 14.0 Å². The van der Waals surface area contributed by atoms with Gasteiger partial charge in [-0.1, -0.05) is 41.6 Å². The van der Waals surface area contributed by atoms with E-state index in [1.807, 2.05) is 6.92 Å². The number of benzene rings is 2. The van der Waals surface area contributed by atoms with Crippen molar-refractivity contribution in [2.75, 3.05) is 5.32 Å². The van der Waals surface area contributed by atoms with E-state index in [4.69, 9.17) is 11.6 Å². The molecule has 0 saturated carbocycles. The van der Waals surface area contributed by atoms with Crippen molar-refractivity contribution in [1.29, 1.82) is 0 Å². The number of H-pyrrole nitrogens is 1. The summed E-state index contributed by atoms with van der Waals surface area (Å²) in [6.07, 6.45) is -0.0942. The summed E-state index contributed by atoms with van der Waals surface area (Å²) in [5.74, 6) is -0.0782. The first kappa shape index (κ1) is 21.1. The average molecular weight is 432 g/mol. The van der Waals surface area contributed by atoms with Crippen LogP contribution in [-0.2, 0) is 17.0 Å². The summed E-state index contributed by atoms with van der Waals surface area (Å²) in [6, 6.07) is 11.4. The second kappa shape index (κ2) is 9.24. The van der Waals surface area contributed by atoms with Crippen LogP contribution >= 0.6 is 23.4 Å². The van der Waals surface area contributed by atoms with E-state index in [1.54, 1.807) is 37.3 Å². The van der Waals surface area contributed by atoms with Gasteiger partial charge in [-0.25, -0.2) is 9.37 Å². The Morgan fingerprint density at radius 3 is 2.62 bits per heavy atom. The van der Waals surface area contributed by atoms with Crippen molar-refractivity contribution in [3.05, 3.63) is 86.0 Å². The van der Waals surface area contributed by atoms with Crippen LogP contribution < -0.4 is 10.9 Å². The van der Waals surface area contributed by atoms with Crippen molar-refractivity contribution in [3.63, 3.8) is 0 Å². The molecule has 1 amide bonds. The van der Waals surface area contributed by atoms with Gasteiger partial charge >= 0.3 is 0 Å². The Balaban J connectivity index is 1.68. The minimum absolute atomic E-state index is 0.0942. The second-order valence-electron chi connectivity index (χ2n) is 6.49. The van der Waals surface area contributed by atoms with Gasteiger partial charge in [-0.15, -0.1) is 0 Å². The summed E-state index contributed by atoms with van der Waals surface area (Å²) in [5.41, 5.74) is 2.74. The Bertz CT molecular complexity index is 1100. The first-order valence-electron chi connectivity index (χ1n) is 8.85. The molecule has 1 heterocycles. The zero-order valence-electron chi connectivity index (χ0n) is 15.9. The van der Waals surface area contributed by atoms with Gasteiger partial charge in [0, 0.05) is 27.7 Å². The van der Waals surface area contributed by atoms with Crippen molar-refractivity contribution in [3.8, 4) is 0 Å². The second-order valence-corrected chi connectivity index (χ2v) is 7.86. The van der Waals surface area contributed by atoms with Crippen molar-refractivity contribution in [2.24, 2.45) is 0 Å². The summed E-state index contributed by atoms with van der Waals surface area (Å²) in [5, 5.41) is 3.79. The van der Waals surface area contributed by atoms with Crippen LogP contribution in [0.2, 0.25) is 5.02 Å². The monoisotopic (exact) mass is 431 g/mol. The molecule has 0 saturated heterocycles. The van der Waals surface area contributed by atoms with Crippen LogP contribution in [0.1, 0.15) is 22.4 Å². The first-order chi connectivity index (χ1) is 13.8. The van der Waals surface area contributed by atoms with Gasteiger partial charge in [0.2, 0.25) is 5.91 Å². The molecule has 1 aromatic heterocycles. The maximum absolute atomic E-state index is 13.0. The molecule has 0 radical (unpaired) electrons. The number of nitrogens with one attached hydrogen (secondary N) is 2. The number of anilines is 1. The van der Waals surface area contributed by atoms with Gasteiger partial charge in [0.15, 0.2) is 5.16 Å². The average Bonchev–Trinajstić information content (AvgIpc) is 2.68. The third kappa shape index (κ3) is 5.46. The number of aryl methyl sites for hydroxylation is 1. The van der Waals surface area contributed by atoms with Gasteiger partial charge in [-0.3, -0.25) is 9.59 Å². The highest BCUT2D eigenvalue weighted by molar-refractivity contribution is 7.98. The van der Waals surface area contributed by atoms with Crippen LogP contribution in [0.5, 0.6) is 0 Å². The minimum Gasteiger partial charge on any atom is -0.326 e. The largest absolute Gasteiger partial charge is 0.326 e. The van der Waals surface area contributed by atoms with Crippen LogP contribution in [0.3, 0.4) is 0 Å². The van der Waals surface area contributed by atoms with E-state index in [1.165, 1.54) is 23.9 Å². The van der Waals surface area contributed by atoms with Gasteiger partial charge in [0.1, 0.15) is 5.82 Å². The molecule has 3 aromatic rings. The van der Waals surface area contributed by atoms with Gasteiger partial charge in [0.25, 0.3) is 5.56 Å². The predicted octanol–water partition coefficient (Wildman–Crippen LogP) is 4.65. The summed E-state index contributed by atoms with van der Waals surface area (Å²) in [4.78, 5) is 32.0. The Hall–Kier alpha value is -2.64. The highest BCUT2D eigenvalue weighted by atomic mass is 35.5. The molecule has 0 aliphatic heterocycles. The quantitative estimate of drug-likeness (QED) is 0.440. The standard InChI is InChI=1S/C21H19ClFN3O2S/c1-12-17(22)4-3-5-18(12)25-19(27)10-16-13(2)24-21(26-20(16)28)29-11-14-6-8-15(23)9-7-14/h3-9H,10-11H2,1-2H3,(H,25,27)(H,24,26,28). The molecule has 8 heteroatoms. The van der Waals surface area contributed by atoms with Crippen LogP contribution in [0.4, 0.5) is 10.1 Å². The lowest BCUT2D eigenvalue weighted by atomic mass is 10.1. The lowest BCUT2D eigenvalue weighted by molar-refractivity contribution is -0.115. The molecule has 2 N–H and O–H groups in total. The van der Waals surface area contributed by atoms with Crippen LogP contribution in [0.15, 0.2) is 52.4 Å². The maximum Gasteiger partial charge on any atom is 0.255 e. The molecule has 0 aliphatic carbocycles. The molecule has 29 heavy (non-hydrogen) atoms. The lowest BCUT2D eigenvalue weighted by Gasteiger charge is -2.10. The molecular formula is C21H19ClFN3O2S. The minimum atomic E-state index is -0.350. The predicted molar refractivity (Wildman–Crippen MR) is 114 cm³/mol. The number of rotatable bonds is 6. The molecule has 2 aromatic carbocycles. The summed E-state index contributed by atoms with van der Waals surface area (Å²) < 4.78 is 13.0. The smallest absolute Gasteiger partial charge is 0.255 e. The fraction of sp³-hybridized carbons (Fsp3) is 0.190. The highest BCUT2D eigenvalue weighted by Gasteiger charge is 2.14. The van der Waals surface area contributed by atoms with E-state index < -0.39 is 0 Å². The molecule has 3 rings (SSSR count). The SMILES string of the molecule is Cc1nc(SCc2ccc(F)cc2)[nH]c(=O)c1CC(=O)Nc1cccc(Cl)c1C. The van der Waals surface area contributed by atoms with Crippen molar-refractivity contribution >= 4 is 35.0 Å². The summed E-state index contributed by atoms with van der Waals surface area (Å²) >= 11 is 7.41. The Morgan fingerprint density at radius 1 is 1.21 bits per heavy atom. The van der Waals surface area contributed by atoms with Gasteiger partial charge in [-0.2, -0.15) is 0 Å². The van der Waals surface area contributed by atoms with E-state index in [-0.39, 0.29) is 23.7 Å². The molecule has 150 valence electrons. The molecule has 0 aliphatic rings. The van der Waals surface area contributed by atoms with Crippen molar-refractivity contribution < 1.29 is 9.18 Å². The number of carbonyl (C=O) groups excluding carboxylic acids is 1. The Kier molecular flexibility index (Phi) is 6.71. The van der Waals surface area contributed by atoms with Crippen molar-refractivity contribution in [1.82, 2.24) is 9.97 Å². The zero-order valence-corrected chi connectivity index (χ0v) is 17.5. The van der Waals surface area contributed by atoms with E-state index in [2.05, 4.69) is 15.3 Å². The van der Waals surface area contributed by atoms with E-state index >= 15 is 0 Å². The number of aromatic nitrogens is 2. The molecule has 0 bridgehead atoms. The van der Waals surface area contributed by atoms with Crippen LogP contribution in [0.25, 0.3) is 0 Å². The van der Waals surface area contributed by atoms with Crippen LogP contribution in [-0.4, -0.2) is 15.9 Å². The molecule has 0 atom stereocenters. The maximum atomic E-state index is 13.0. The number of aromatic amines is 1. The normalized spacial score (nSPS) is 10.8. The highest BCUT2D eigenvalue weighted by Crippen LogP contribution is 2.23. The van der Waals surface area contributed by atoms with E-state index in [0.717, 1.165) is 11.1 Å². The van der Waals surface area contributed by atoms with Crippen LogP contribution in [0, 0.1) is 19.7 Å². The summed E-state index contributed by atoms with van der Waals surface area (Å²) in [7, 11) is 0. The first-order valence-corrected chi connectivity index (χ1v) is 10.2. The molecule has 0 unspecified atom stereocenters. The molecule has 0 fully saturated rings. The Morgan fingerprint density at radius 2 is 1.93 bits per heavy atom. The fourth-order valence-corrected chi connectivity index (χ4v) is 3.73. The third-order valence-corrected chi connectivity index (χ3v) is 5.72. The van der Waals surface area contributed by atoms with Gasteiger partial charge in [-0.05, 0) is 49.2 Å². The number of halogens is 2. The van der Waals surface area contributed by atoms with Gasteiger partial charge < -0.3 is 10.3 Å². The van der Waals surface area contributed by atoms with Crippen molar-refractivity contribution in [2.45, 2.75) is 31.2 Å². The molecular weight excluding hydrogens is 413 g/mol. The molecule has 5 nitrogen and oxygen atoms in total. The molecule has 0 spiro atoms. The van der Waals surface area contributed by atoms with Gasteiger partial charge in [0.05, 0.1) is 6.42 Å². The topological polar surface area (TPSA) is 74.8 Å². The third-order valence-electron chi connectivity index (χ3n) is 4.37. The van der Waals surface area contributed by atoms with E-state index in [0.29, 0.717) is 32.9 Å².